The summed E-state index contributed by atoms with van der Waals surface area (Å²) in [6.07, 6.45) is 8.02. The van der Waals surface area contributed by atoms with Crippen molar-refractivity contribution in [3.8, 4) is 5.75 Å². The molecule has 0 aromatic heterocycles. The minimum Gasteiger partial charge on any atom is -0.493 e. The molecule has 0 amide bonds. The van der Waals surface area contributed by atoms with Crippen LogP contribution >= 0.6 is 0 Å². The van der Waals surface area contributed by atoms with Gasteiger partial charge in [-0.2, -0.15) is 0 Å². The molecule has 0 spiro atoms. The van der Waals surface area contributed by atoms with E-state index in [9.17, 15) is 0 Å². The van der Waals surface area contributed by atoms with E-state index in [4.69, 9.17) is 4.74 Å². The maximum absolute atomic E-state index is 6.01. The molecule has 0 bridgehead atoms. The lowest BCUT2D eigenvalue weighted by molar-refractivity contribution is 0.208. The molecular weight excluding hydrogens is 246 g/mol. The Balaban J connectivity index is 1.85. The molecule has 1 fully saturated rings. The van der Waals surface area contributed by atoms with E-state index in [1.807, 2.05) is 0 Å². The summed E-state index contributed by atoms with van der Waals surface area (Å²) < 4.78 is 6.01. The zero-order valence-corrected chi connectivity index (χ0v) is 13.0. The van der Waals surface area contributed by atoms with E-state index in [1.165, 1.54) is 44.1 Å². The van der Waals surface area contributed by atoms with Gasteiger partial charge in [-0.05, 0) is 56.3 Å². The third-order valence-electron chi connectivity index (χ3n) is 4.27. The summed E-state index contributed by atoms with van der Waals surface area (Å²) in [5.41, 5.74) is 1.32. The highest BCUT2D eigenvalue weighted by Gasteiger charge is 2.14. The molecule has 0 heterocycles. The second kappa shape index (κ2) is 8.31. The fourth-order valence-electron chi connectivity index (χ4n) is 2.92. The first-order chi connectivity index (χ1) is 9.79. The van der Waals surface area contributed by atoms with Gasteiger partial charge in [-0.1, -0.05) is 38.3 Å². The Morgan fingerprint density at radius 3 is 2.80 bits per heavy atom. The van der Waals surface area contributed by atoms with Crippen LogP contribution < -0.4 is 10.1 Å². The van der Waals surface area contributed by atoms with Gasteiger partial charge in [0.2, 0.25) is 0 Å². The molecule has 1 aromatic carbocycles. The first-order valence-corrected chi connectivity index (χ1v) is 8.25. The van der Waals surface area contributed by atoms with Crippen LogP contribution in [0.15, 0.2) is 24.3 Å². The van der Waals surface area contributed by atoms with Crippen molar-refractivity contribution in [2.24, 2.45) is 5.92 Å². The van der Waals surface area contributed by atoms with Crippen LogP contribution in [0.3, 0.4) is 0 Å². The number of hydrogen-bond acceptors (Lipinski definition) is 2. The molecule has 0 radical (unpaired) electrons. The van der Waals surface area contributed by atoms with E-state index in [0.717, 1.165) is 24.8 Å². The van der Waals surface area contributed by atoms with Gasteiger partial charge in [0, 0.05) is 6.04 Å². The Hall–Kier alpha value is -1.02. The zero-order valence-electron chi connectivity index (χ0n) is 13.0. The fourth-order valence-corrected chi connectivity index (χ4v) is 2.92. The van der Waals surface area contributed by atoms with Crippen molar-refractivity contribution in [3.63, 3.8) is 0 Å². The lowest BCUT2D eigenvalue weighted by atomic mass is 9.90. The third kappa shape index (κ3) is 4.82. The summed E-state index contributed by atoms with van der Waals surface area (Å²) in [6.45, 7) is 6.37. The molecule has 0 saturated heterocycles. The van der Waals surface area contributed by atoms with Gasteiger partial charge in [0.05, 0.1) is 6.61 Å². The Morgan fingerprint density at radius 1 is 1.25 bits per heavy atom. The molecule has 2 rings (SSSR count). The molecule has 2 nitrogen and oxygen atoms in total. The quantitative estimate of drug-likeness (QED) is 0.778. The zero-order chi connectivity index (χ0) is 14.2. The summed E-state index contributed by atoms with van der Waals surface area (Å²) in [6, 6.07) is 8.96. The van der Waals surface area contributed by atoms with E-state index < -0.39 is 0 Å². The molecule has 20 heavy (non-hydrogen) atoms. The Labute approximate surface area is 123 Å². The molecule has 112 valence electrons. The van der Waals surface area contributed by atoms with Crippen LogP contribution in [-0.2, 0) is 0 Å². The van der Waals surface area contributed by atoms with Crippen LogP contribution in [0.4, 0.5) is 0 Å². The minimum atomic E-state index is 0.396. The van der Waals surface area contributed by atoms with Crippen molar-refractivity contribution in [1.29, 1.82) is 0 Å². The molecule has 1 aliphatic carbocycles. The van der Waals surface area contributed by atoms with Crippen molar-refractivity contribution in [1.82, 2.24) is 5.32 Å². The molecule has 1 unspecified atom stereocenters. The molecule has 1 saturated carbocycles. The van der Waals surface area contributed by atoms with Gasteiger partial charge in [0.25, 0.3) is 0 Å². The molecule has 0 aliphatic heterocycles. The molecule has 1 aliphatic rings. The predicted octanol–water partition coefficient (Wildman–Crippen LogP) is 4.71. The largest absolute Gasteiger partial charge is 0.493 e. The summed E-state index contributed by atoms with van der Waals surface area (Å²) in [7, 11) is 0. The van der Waals surface area contributed by atoms with Gasteiger partial charge in [-0.25, -0.2) is 0 Å². The molecule has 2 heteroatoms. The topological polar surface area (TPSA) is 21.3 Å². The van der Waals surface area contributed by atoms with E-state index in [-0.39, 0.29) is 0 Å². The summed E-state index contributed by atoms with van der Waals surface area (Å²) in [5, 5.41) is 3.53. The van der Waals surface area contributed by atoms with E-state index in [0.29, 0.717) is 6.04 Å². The standard InChI is InChI=1S/C18H29NO/c1-3-12-19-15(2)17-10-7-11-18(13-17)20-14-16-8-5-4-6-9-16/h7,10-11,13,15-16,19H,3-6,8-9,12,14H2,1-2H3. The SMILES string of the molecule is CCCNC(C)c1cccc(OCC2CCCCC2)c1. The first kappa shape index (κ1) is 15.4. The van der Waals surface area contributed by atoms with Crippen LogP contribution in [0.5, 0.6) is 5.75 Å². The molecule has 1 atom stereocenters. The Morgan fingerprint density at radius 2 is 2.05 bits per heavy atom. The number of nitrogens with one attached hydrogen (secondary N) is 1. The second-order valence-electron chi connectivity index (χ2n) is 6.06. The highest BCUT2D eigenvalue weighted by atomic mass is 16.5. The van der Waals surface area contributed by atoms with Crippen molar-refractivity contribution in [2.75, 3.05) is 13.2 Å². The summed E-state index contributed by atoms with van der Waals surface area (Å²) in [5.74, 6) is 1.79. The van der Waals surface area contributed by atoms with Crippen LogP contribution in [0.1, 0.15) is 64.0 Å². The van der Waals surface area contributed by atoms with Crippen molar-refractivity contribution in [2.45, 2.75) is 58.4 Å². The number of hydrogen-bond donors (Lipinski definition) is 1. The van der Waals surface area contributed by atoms with Gasteiger partial charge >= 0.3 is 0 Å². The van der Waals surface area contributed by atoms with Gasteiger partial charge in [-0.3, -0.25) is 0 Å². The van der Waals surface area contributed by atoms with Gasteiger partial charge in [-0.15, -0.1) is 0 Å². The van der Waals surface area contributed by atoms with Crippen molar-refractivity contribution in [3.05, 3.63) is 29.8 Å². The normalized spacial score (nSPS) is 17.9. The second-order valence-corrected chi connectivity index (χ2v) is 6.06. The highest BCUT2D eigenvalue weighted by Crippen LogP contribution is 2.25. The average Bonchev–Trinajstić information content (AvgIpc) is 2.52. The lowest BCUT2D eigenvalue weighted by Crippen LogP contribution is -2.19. The molecular formula is C18H29NO. The van der Waals surface area contributed by atoms with Crippen LogP contribution in [0.25, 0.3) is 0 Å². The van der Waals surface area contributed by atoms with Crippen LogP contribution in [0.2, 0.25) is 0 Å². The van der Waals surface area contributed by atoms with Gasteiger partial charge in [0.1, 0.15) is 5.75 Å². The average molecular weight is 275 g/mol. The highest BCUT2D eigenvalue weighted by molar-refractivity contribution is 5.30. The summed E-state index contributed by atoms with van der Waals surface area (Å²) in [4.78, 5) is 0. The van der Waals surface area contributed by atoms with E-state index in [2.05, 4.69) is 43.4 Å². The Bertz CT molecular complexity index is 385. The Kier molecular flexibility index (Phi) is 6.38. The van der Waals surface area contributed by atoms with Crippen LogP contribution in [0, 0.1) is 5.92 Å². The maximum atomic E-state index is 6.01. The van der Waals surface area contributed by atoms with Gasteiger partial charge < -0.3 is 10.1 Å². The van der Waals surface area contributed by atoms with Crippen molar-refractivity contribution >= 4 is 0 Å². The first-order valence-electron chi connectivity index (χ1n) is 8.25. The predicted molar refractivity (Wildman–Crippen MR) is 85.2 cm³/mol. The third-order valence-corrected chi connectivity index (χ3v) is 4.27. The van der Waals surface area contributed by atoms with E-state index in [1.54, 1.807) is 0 Å². The molecule has 1 aromatic rings. The number of rotatable bonds is 7. The van der Waals surface area contributed by atoms with Crippen molar-refractivity contribution < 1.29 is 4.74 Å². The fraction of sp³-hybridized carbons (Fsp3) is 0.667. The number of benzene rings is 1. The van der Waals surface area contributed by atoms with Crippen LogP contribution in [-0.4, -0.2) is 13.2 Å². The van der Waals surface area contributed by atoms with E-state index >= 15 is 0 Å². The number of ether oxygens (including phenoxy) is 1. The van der Waals surface area contributed by atoms with Gasteiger partial charge in [0.15, 0.2) is 0 Å². The maximum Gasteiger partial charge on any atom is 0.119 e. The summed E-state index contributed by atoms with van der Waals surface area (Å²) >= 11 is 0. The molecule has 1 N–H and O–H groups in total. The lowest BCUT2D eigenvalue weighted by Gasteiger charge is -2.22. The smallest absolute Gasteiger partial charge is 0.119 e. The monoisotopic (exact) mass is 275 g/mol. The minimum absolute atomic E-state index is 0.396.